The Morgan fingerprint density at radius 1 is 0.756 bits per heavy atom. The summed E-state index contributed by atoms with van der Waals surface area (Å²) >= 11 is 6.11. The van der Waals surface area contributed by atoms with Gasteiger partial charge in [-0.1, -0.05) is 90.5 Å². The molecular formula is C32H29ClN2O6. The Morgan fingerprint density at radius 2 is 1.37 bits per heavy atom. The number of rotatable bonds is 10. The summed E-state index contributed by atoms with van der Waals surface area (Å²) in [5.74, 6) is -0.172. The quantitative estimate of drug-likeness (QED) is 0.159. The molecule has 0 spiro atoms. The summed E-state index contributed by atoms with van der Waals surface area (Å²) in [5.41, 5.74) is 3.71. The van der Waals surface area contributed by atoms with E-state index in [0.29, 0.717) is 16.3 Å². The summed E-state index contributed by atoms with van der Waals surface area (Å²) in [4.78, 5) is 38.0. The molecule has 2 amide bonds. The Bertz CT molecular complexity index is 1460. The molecule has 0 aliphatic rings. The summed E-state index contributed by atoms with van der Waals surface area (Å²) in [5, 5.41) is 5.96. The molecule has 4 aromatic carbocycles. The van der Waals surface area contributed by atoms with Crippen LogP contribution in [-0.4, -0.2) is 24.2 Å². The van der Waals surface area contributed by atoms with Crippen LogP contribution < -0.4 is 15.4 Å². The maximum atomic E-state index is 13.3. The second-order valence-corrected chi connectivity index (χ2v) is 9.62. The minimum absolute atomic E-state index is 0.0564. The van der Waals surface area contributed by atoms with Crippen LogP contribution in [0.4, 0.5) is 15.3 Å². The van der Waals surface area contributed by atoms with E-state index in [9.17, 15) is 14.4 Å². The first-order chi connectivity index (χ1) is 19.9. The van der Waals surface area contributed by atoms with Crippen molar-refractivity contribution in [1.29, 1.82) is 0 Å². The number of alkyl carbamates (subject to hydrolysis) is 1. The molecular weight excluding hydrogens is 544 g/mol. The number of carbonyl (C=O) groups is 3. The van der Waals surface area contributed by atoms with E-state index in [1.54, 1.807) is 42.5 Å². The fourth-order valence-electron chi connectivity index (χ4n) is 3.84. The summed E-state index contributed by atoms with van der Waals surface area (Å²) in [6.45, 7) is 1.99. The minimum atomic E-state index is -0.973. The highest BCUT2D eigenvalue weighted by atomic mass is 35.5. The Hall–Kier alpha value is -4.82. The van der Waals surface area contributed by atoms with Gasteiger partial charge in [0.05, 0.1) is 0 Å². The van der Waals surface area contributed by atoms with Gasteiger partial charge < -0.3 is 24.8 Å². The van der Waals surface area contributed by atoms with Crippen molar-refractivity contribution in [2.24, 2.45) is 0 Å². The van der Waals surface area contributed by atoms with Crippen LogP contribution in [0.15, 0.2) is 103 Å². The summed E-state index contributed by atoms with van der Waals surface area (Å²) in [6.07, 6.45) is -1.43. The third-order valence-electron chi connectivity index (χ3n) is 6.04. The first-order valence-corrected chi connectivity index (χ1v) is 13.3. The van der Waals surface area contributed by atoms with E-state index in [4.69, 9.17) is 25.8 Å². The van der Waals surface area contributed by atoms with Crippen LogP contribution in [0, 0.1) is 6.92 Å². The predicted molar refractivity (Wildman–Crippen MR) is 156 cm³/mol. The highest BCUT2D eigenvalue weighted by Gasteiger charge is 2.23. The molecule has 0 aliphatic heterocycles. The van der Waals surface area contributed by atoms with Gasteiger partial charge in [-0.15, -0.1) is 0 Å². The van der Waals surface area contributed by atoms with Crippen molar-refractivity contribution in [1.82, 2.24) is 5.32 Å². The average Bonchev–Trinajstić information content (AvgIpc) is 2.98. The number of anilines is 1. The Morgan fingerprint density at radius 3 is 2.00 bits per heavy atom. The molecule has 8 nitrogen and oxygen atoms in total. The number of hydrogen-bond donors (Lipinski definition) is 2. The molecule has 4 rings (SSSR count). The number of carbonyl (C=O) groups excluding carboxylic acids is 3. The zero-order valence-corrected chi connectivity index (χ0v) is 23.1. The van der Waals surface area contributed by atoms with Gasteiger partial charge in [0, 0.05) is 17.1 Å². The molecule has 0 aliphatic carbocycles. The van der Waals surface area contributed by atoms with Crippen LogP contribution in [0.1, 0.15) is 22.3 Å². The van der Waals surface area contributed by atoms with Gasteiger partial charge in [0.15, 0.2) is 0 Å². The molecule has 9 heteroatoms. The second kappa shape index (κ2) is 14.5. The van der Waals surface area contributed by atoms with Crippen LogP contribution in [0.3, 0.4) is 0 Å². The lowest BCUT2D eigenvalue weighted by atomic mass is 10.0. The van der Waals surface area contributed by atoms with Crippen molar-refractivity contribution in [2.45, 2.75) is 32.6 Å². The van der Waals surface area contributed by atoms with Crippen molar-refractivity contribution in [3.05, 3.63) is 130 Å². The van der Waals surface area contributed by atoms with Crippen molar-refractivity contribution in [2.75, 3.05) is 5.32 Å². The predicted octanol–water partition coefficient (Wildman–Crippen LogP) is 6.84. The van der Waals surface area contributed by atoms with Gasteiger partial charge >= 0.3 is 12.2 Å². The van der Waals surface area contributed by atoms with Crippen LogP contribution in [0.5, 0.6) is 5.75 Å². The van der Waals surface area contributed by atoms with Gasteiger partial charge in [0.2, 0.25) is 5.91 Å². The third kappa shape index (κ3) is 9.40. The smallest absolute Gasteiger partial charge is 0.445 e. The summed E-state index contributed by atoms with van der Waals surface area (Å²) in [7, 11) is 0. The molecule has 4 aromatic rings. The first kappa shape index (κ1) is 29.2. The average molecular weight is 573 g/mol. The molecule has 0 fully saturated rings. The van der Waals surface area contributed by atoms with E-state index in [1.807, 2.05) is 67.6 Å². The molecule has 0 unspecified atom stereocenters. The molecule has 2 N–H and O–H groups in total. The normalized spacial score (nSPS) is 11.2. The van der Waals surface area contributed by atoms with Gasteiger partial charge in [-0.25, -0.2) is 9.59 Å². The largest absolute Gasteiger partial charge is 0.514 e. The van der Waals surface area contributed by atoms with Crippen molar-refractivity contribution < 1.29 is 28.6 Å². The molecule has 0 saturated heterocycles. The summed E-state index contributed by atoms with van der Waals surface area (Å²) < 4.78 is 15.7. The Labute approximate surface area is 243 Å². The monoisotopic (exact) mass is 572 g/mol. The lowest BCUT2D eigenvalue weighted by molar-refractivity contribution is -0.118. The highest BCUT2D eigenvalue weighted by Crippen LogP contribution is 2.21. The molecule has 0 saturated carbocycles. The maximum absolute atomic E-state index is 13.3. The Balaban J connectivity index is 1.39. The van der Waals surface area contributed by atoms with Crippen molar-refractivity contribution in [3.8, 4) is 5.75 Å². The number of halogens is 1. The van der Waals surface area contributed by atoms with E-state index in [-0.39, 0.29) is 25.4 Å². The number of amides is 2. The van der Waals surface area contributed by atoms with Gasteiger partial charge in [-0.2, -0.15) is 0 Å². The van der Waals surface area contributed by atoms with Crippen molar-refractivity contribution >= 4 is 35.4 Å². The van der Waals surface area contributed by atoms with E-state index in [1.165, 1.54) is 0 Å². The van der Waals surface area contributed by atoms with Crippen molar-refractivity contribution in [3.63, 3.8) is 0 Å². The Kier molecular flexibility index (Phi) is 10.3. The van der Waals surface area contributed by atoms with E-state index in [2.05, 4.69) is 10.6 Å². The number of nitrogens with one attached hydrogen (secondary N) is 2. The fraction of sp³-hybridized carbons (Fsp3) is 0.156. The fourth-order valence-corrected chi connectivity index (χ4v) is 4.01. The zero-order valence-electron chi connectivity index (χ0n) is 22.3. The molecule has 0 aromatic heterocycles. The van der Waals surface area contributed by atoms with Gasteiger partial charge in [0.1, 0.15) is 25.0 Å². The number of hydrogen-bond acceptors (Lipinski definition) is 6. The minimum Gasteiger partial charge on any atom is -0.445 e. The maximum Gasteiger partial charge on any atom is 0.514 e. The standard InChI is InChI=1S/C32H29ClN2O6/c1-22-12-15-26(33)19-28(22)34-30(36)29(35-31(37)39-20-24-8-4-2-5-9-24)18-23-13-16-27(17-14-23)41-32(38)40-21-25-10-6-3-7-11-25/h2-17,19,29H,18,20-21H2,1H3,(H,34,36)(H,35,37)/t29-/m1/s1. The van der Waals surface area contributed by atoms with Crippen LogP contribution in [0.2, 0.25) is 5.02 Å². The van der Waals surface area contributed by atoms with Crippen LogP contribution in [0.25, 0.3) is 0 Å². The van der Waals surface area contributed by atoms with Crippen LogP contribution in [-0.2, 0) is 33.9 Å². The molecule has 1 atom stereocenters. The lowest BCUT2D eigenvalue weighted by Gasteiger charge is -2.19. The lowest BCUT2D eigenvalue weighted by Crippen LogP contribution is -2.45. The third-order valence-corrected chi connectivity index (χ3v) is 6.28. The number of benzene rings is 4. The zero-order chi connectivity index (χ0) is 29.0. The van der Waals surface area contributed by atoms with E-state index in [0.717, 1.165) is 16.7 Å². The number of aryl methyl sites for hydroxylation is 1. The molecule has 0 heterocycles. The van der Waals surface area contributed by atoms with Gasteiger partial charge in [0.25, 0.3) is 0 Å². The van der Waals surface area contributed by atoms with Gasteiger partial charge in [-0.05, 0) is 53.4 Å². The highest BCUT2D eigenvalue weighted by molar-refractivity contribution is 6.31. The van der Waals surface area contributed by atoms with E-state index >= 15 is 0 Å². The molecule has 0 bridgehead atoms. The molecule has 41 heavy (non-hydrogen) atoms. The molecule has 0 radical (unpaired) electrons. The first-order valence-electron chi connectivity index (χ1n) is 12.9. The summed E-state index contributed by atoms with van der Waals surface area (Å²) in [6, 6.07) is 29.2. The molecule has 210 valence electrons. The SMILES string of the molecule is Cc1ccc(Cl)cc1NC(=O)[C@@H](Cc1ccc(OC(=O)OCc2ccccc2)cc1)NC(=O)OCc1ccccc1. The van der Waals surface area contributed by atoms with Gasteiger partial charge in [-0.3, -0.25) is 4.79 Å². The topological polar surface area (TPSA) is 103 Å². The van der Waals surface area contributed by atoms with E-state index < -0.39 is 24.2 Å². The second-order valence-electron chi connectivity index (χ2n) is 9.18. The number of ether oxygens (including phenoxy) is 3. The van der Waals surface area contributed by atoms with Crippen LogP contribution >= 0.6 is 11.6 Å².